The molecule has 0 aromatic heterocycles. The van der Waals surface area contributed by atoms with Crippen molar-refractivity contribution < 1.29 is 9.59 Å². The maximum atomic E-state index is 9.11. The lowest BCUT2D eigenvalue weighted by atomic mass is 10.0. The number of quaternary nitrogens is 1. The van der Waals surface area contributed by atoms with Crippen molar-refractivity contribution in [2.24, 2.45) is 0 Å². The van der Waals surface area contributed by atoms with Crippen LogP contribution in [0.25, 0.3) is 0 Å². The number of aliphatic hydroxyl groups is 1. The number of thioether (sulfide) groups is 1. The molecule has 0 heterocycles. The molecule has 2 nitrogen and oxygen atoms in total. The largest absolute Gasteiger partial charge is 0.391 e. The van der Waals surface area contributed by atoms with E-state index in [1.807, 2.05) is 0 Å². The number of unbranched alkanes of at least 4 members (excludes halogenated alkanes) is 13. The van der Waals surface area contributed by atoms with Crippen LogP contribution in [-0.4, -0.2) is 54.4 Å². The third-order valence-corrected chi connectivity index (χ3v) is 6.60. The monoisotopic (exact) mass is 388 g/mol. The van der Waals surface area contributed by atoms with Crippen molar-refractivity contribution in [3.8, 4) is 0 Å². The van der Waals surface area contributed by atoms with E-state index in [2.05, 4.69) is 39.7 Å². The fourth-order valence-corrected chi connectivity index (χ4v) is 4.97. The topological polar surface area (TPSA) is 20.2 Å². The number of nitrogens with zero attached hydrogens (tertiary/aromatic N) is 1. The van der Waals surface area contributed by atoms with Gasteiger partial charge in [-0.2, -0.15) is 11.8 Å². The maximum absolute atomic E-state index is 9.11. The Hall–Kier alpha value is 0.270. The SMILES string of the molecule is CCCCCCCCCCCCCCCCSC(C)C[N+](C)(C)CCO. The second-order valence-corrected chi connectivity index (χ2v) is 10.4. The molecule has 0 rings (SSSR count). The molecule has 1 N–H and O–H groups in total. The maximum Gasteiger partial charge on any atom is 0.102 e. The van der Waals surface area contributed by atoms with Crippen LogP contribution in [0.4, 0.5) is 0 Å². The fraction of sp³-hybridized carbons (Fsp3) is 1.00. The molecule has 0 aliphatic rings. The normalized spacial score (nSPS) is 13.3. The van der Waals surface area contributed by atoms with Gasteiger partial charge >= 0.3 is 0 Å². The zero-order valence-electron chi connectivity index (χ0n) is 18.6. The van der Waals surface area contributed by atoms with Gasteiger partial charge in [-0.3, -0.25) is 0 Å². The molecule has 26 heavy (non-hydrogen) atoms. The number of hydrogen-bond donors (Lipinski definition) is 1. The first-order valence-corrected chi connectivity index (χ1v) is 12.6. The van der Waals surface area contributed by atoms with Gasteiger partial charge in [0.2, 0.25) is 0 Å². The van der Waals surface area contributed by atoms with Gasteiger partial charge in [0.25, 0.3) is 0 Å². The van der Waals surface area contributed by atoms with Gasteiger partial charge < -0.3 is 9.59 Å². The van der Waals surface area contributed by atoms with E-state index in [0.717, 1.165) is 17.6 Å². The van der Waals surface area contributed by atoms with Gasteiger partial charge in [0.1, 0.15) is 6.54 Å². The van der Waals surface area contributed by atoms with Crippen molar-refractivity contribution in [3.05, 3.63) is 0 Å². The van der Waals surface area contributed by atoms with Crippen molar-refractivity contribution in [3.63, 3.8) is 0 Å². The van der Waals surface area contributed by atoms with Gasteiger partial charge in [0.05, 0.1) is 32.5 Å². The predicted octanol–water partition coefficient (Wildman–Crippen LogP) is 6.66. The first kappa shape index (κ1) is 26.3. The molecule has 3 heteroatoms. The number of hydrogen-bond acceptors (Lipinski definition) is 2. The fourth-order valence-electron chi connectivity index (χ4n) is 3.69. The van der Waals surface area contributed by atoms with Crippen LogP contribution in [0.15, 0.2) is 0 Å². The Balaban J connectivity index is 3.24. The Morgan fingerprint density at radius 2 is 1.15 bits per heavy atom. The average molecular weight is 389 g/mol. The average Bonchev–Trinajstić information content (AvgIpc) is 2.57. The van der Waals surface area contributed by atoms with Crippen LogP contribution >= 0.6 is 11.8 Å². The van der Waals surface area contributed by atoms with E-state index in [-0.39, 0.29) is 0 Å². The molecule has 1 unspecified atom stereocenters. The van der Waals surface area contributed by atoms with Crippen LogP contribution in [0.2, 0.25) is 0 Å². The lowest BCUT2D eigenvalue weighted by Crippen LogP contribution is -2.45. The second kappa shape index (κ2) is 18.6. The first-order chi connectivity index (χ1) is 12.5. The quantitative estimate of drug-likeness (QED) is 0.186. The summed E-state index contributed by atoms with van der Waals surface area (Å²) in [7, 11) is 4.44. The van der Waals surface area contributed by atoms with Gasteiger partial charge in [-0.1, -0.05) is 90.4 Å². The Morgan fingerprint density at radius 1 is 0.731 bits per heavy atom. The highest BCUT2D eigenvalue weighted by molar-refractivity contribution is 7.99. The standard InChI is InChI=1S/C23H50NOS/c1-5-6-7-8-9-10-11-12-13-14-15-16-17-18-21-26-23(2)22-24(3,4)19-20-25/h23,25H,5-22H2,1-4H3/q+1. The lowest BCUT2D eigenvalue weighted by Gasteiger charge is -2.31. The second-order valence-electron chi connectivity index (χ2n) is 8.84. The summed E-state index contributed by atoms with van der Waals surface area (Å²) in [6.45, 7) is 6.95. The highest BCUT2D eigenvalue weighted by atomic mass is 32.2. The van der Waals surface area contributed by atoms with Gasteiger partial charge in [-0.05, 0) is 19.1 Å². The summed E-state index contributed by atoms with van der Waals surface area (Å²) in [6.07, 6.45) is 20.1. The number of likely N-dealkylation sites (N-methyl/N-ethyl adjacent to an activating group) is 1. The Bertz CT molecular complexity index is 283. The van der Waals surface area contributed by atoms with Crippen molar-refractivity contribution >= 4 is 11.8 Å². The van der Waals surface area contributed by atoms with Gasteiger partial charge in [-0.15, -0.1) is 0 Å². The molecule has 0 saturated heterocycles. The van der Waals surface area contributed by atoms with Crippen LogP contribution in [0.5, 0.6) is 0 Å². The zero-order valence-corrected chi connectivity index (χ0v) is 19.4. The minimum Gasteiger partial charge on any atom is -0.391 e. The minimum absolute atomic E-state index is 0.295. The molecule has 0 radical (unpaired) electrons. The van der Waals surface area contributed by atoms with Crippen LogP contribution in [-0.2, 0) is 0 Å². The molecule has 0 aromatic rings. The van der Waals surface area contributed by atoms with Gasteiger partial charge in [0.15, 0.2) is 0 Å². The van der Waals surface area contributed by atoms with E-state index in [1.165, 1.54) is 95.6 Å². The molecule has 0 bridgehead atoms. The molecule has 158 valence electrons. The molecule has 0 aliphatic heterocycles. The summed E-state index contributed by atoms with van der Waals surface area (Å²) >= 11 is 2.12. The van der Waals surface area contributed by atoms with E-state index < -0.39 is 0 Å². The van der Waals surface area contributed by atoms with Crippen LogP contribution in [0.3, 0.4) is 0 Å². The van der Waals surface area contributed by atoms with Crippen molar-refractivity contribution in [1.29, 1.82) is 0 Å². The van der Waals surface area contributed by atoms with E-state index in [1.54, 1.807) is 0 Å². The Kier molecular flexibility index (Phi) is 18.8. The van der Waals surface area contributed by atoms with Crippen molar-refractivity contribution in [2.75, 3.05) is 39.5 Å². The zero-order chi connectivity index (χ0) is 19.5. The molecule has 0 fully saturated rings. The van der Waals surface area contributed by atoms with Crippen LogP contribution < -0.4 is 0 Å². The first-order valence-electron chi connectivity index (χ1n) is 11.6. The van der Waals surface area contributed by atoms with Crippen LogP contribution in [0, 0.1) is 0 Å². The minimum atomic E-state index is 0.295. The lowest BCUT2D eigenvalue weighted by molar-refractivity contribution is -0.889. The summed E-state index contributed by atoms with van der Waals surface area (Å²) in [5.74, 6) is 1.30. The Morgan fingerprint density at radius 3 is 1.58 bits per heavy atom. The molecule has 0 aliphatic carbocycles. The molecular formula is C23H50NOS+. The molecule has 0 aromatic carbocycles. The number of rotatable bonds is 20. The smallest absolute Gasteiger partial charge is 0.102 e. The Labute approximate surface area is 170 Å². The van der Waals surface area contributed by atoms with Gasteiger partial charge in [0, 0.05) is 0 Å². The summed E-state index contributed by atoms with van der Waals surface area (Å²) in [5.41, 5.74) is 0. The molecular weight excluding hydrogens is 338 g/mol. The van der Waals surface area contributed by atoms with E-state index >= 15 is 0 Å². The van der Waals surface area contributed by atoms with Crippen LogP contribution in [0.1, 0.15) is 104 Å². The predicted molar refractivity (Wildman–Crippen MR) is 121 cm³/mol. The summed E-state index contributed by atoms with van der Waals surface area (Å²) in [6, 6.07) is 0. The summed E-state index contributed by atoms with van der Waals surface area (Å²) in [4.78, 5) is 0. The third-order valence-electron chi connectivity index (χ3n) is 5.36. The van der Waals surface area contributed by atoms with Gasteiger partial charge in [-0.25, -0.2) is 0 Å². The highest BCUT2D eigenvalue weighted by Crippen LogP contribution is 2.18. The highest BCUT2D eigenvalue weighted by Gasteiger charge is 2.18. The van der Waals surface area contributed by atoms with Crippen molar-refractivity contribution in [2.45, 2.75) is 109 Å². The van der Waals surface area contributed by atoms with Crippen molar-refractivity contribution in [1.82, 2.24) is 0 Å². The van der Waals surface area contributed by atoms with E-state index in [9.17, 15) is 0 Å². The third kappa shape index (κ3) is 19.0. The molecule has 0 spiro atoms. The summed E-state index contributed by atoms with van der Waals surface area (Å²) < 4.78 is 0.934. The van der Waals surface area contributed by atoms with E-state index in [0.29, 0.717) is 11.9 Å². The molecule has 0 saturated carbocycles. The molecule has 0 amide bonds. The van der Waals surface area contributed by atoms with E-state index in [4.69, 9.17) is 5.11 Å². The summed E-state index contributed by atoms with van der Waals surface area (Å²) in [5, 5.41) is 9.80. The molecule has 1 atom stereocenters. The number of aliphatic hydroxyl groups excluding tert-OH is 1.